The molecule has 150 valence electrons. The number of ether oxygens (including phenoxy) is 1. The number of aromatic nitrogens is 4. The van der Waals surface area contributed by atoms with Crippen LogP contribution in [0.1, 0.15) is 16.2 Å². The third-order valence-electron chi connectivity index (χ3n) is 4.35. The van der Waals surface area contributed by atoms with Gasteiger partial charge in [-0.05, 0) is 37.3 Å². The molecule has 30 heavy (non-hydrogen) atoms. The van der Waals surface area contributed by atoms with Crippen molar-refractivity contribution in [2.24, 2.45) is 0 Å². The Hall–Kier alpha value is -3.92. The van der Waals surface area contributed by atoms with Crippen molar-refractivity contribution in [3.63, 3.8) is 0 Å². The van der Waals surface area contributed by atoms with E-state index >= 15 is 0 Å². The average molecular weight is 421 g/mol. The molecule has 0 spiro atoms. The largest absolute Gasteiger partial charge is 0.497 e. The summed E-state index contributed by atoms with van der Waals surface area (Å²) in [6, 6.07) is 12.4. The summed E-state index contributed by atoms with van der Waals surface area (Å²) in [5.41, 5.74) is 1.68. The first-order valence-corrected chi connectivity index (χ1v) is 9.76. The van der Waals surface area contributed by atoms with Crippen molar-refractivity contribution in [1.82, 2.24) is 19.9 Å². The van der Waals surface area contributed by atoms with E-state index in [1.54, 1.807) is 30.0 Å². The van der Waals surface area contributed by atoms with Gasteiger partial charge in [0.05, 0.1) is 29.3 Å². The molecule has 4 heterocycles. The zero-order valence-electron chi connectivity index (χ0n) is 15.9. The highest BCUT2D eigenvalue weighted by molar-refractivity contribution is 7.20. The Kier molecular flexibility index (Phi) is 4.32. The van der Waals surface area contributed by atoms with Crippen LogP contribution in [0.3, 0.4) is 0 Å². The van der Waals surface area contributed by atoms with Crippen LogP contribution < -0.4 is 10.1 Å². The quantitative estimate of drug-likeness (QED) is 0.451. The number of amides is 1. The van der Waals surface area contributed by atoms with Crippen LogP contribution in [0.5, 0.6) is 5.75 Å². The lowest BCUT2D eigenvalue weighted by molar-refractivity contribution is 0.101. The Bertz CT molecular complexity index is 1350. The molecule has 0 saturated carbocycles. The summed E-state index contributed by atoms with van der Waals surface area (Å²) in [5.74, 6) is 1.66. The first kappa shape index (κ1) is 18.1. The Labute approximate surface area is 173 Å². The van der Waals surface area contributed by atoms with Crippen LogP contribution >= 0.6 is 11.3 Å². The van der Waals surface area contributed by atoms with Crippen molar-refractivity contribution in [3.05, 3.63) is 60.1 Å². The number of furan rings is 1. The van der Waals surface area contributed by atoms with Crippen LogP contribution in [0.25, 0.3) is 26.9 Å². The van der Waals surface area contributed by atoms with Gasteiger partial charge in [-0.25, -0.2) is 4.98 Å². The molecule has 0 fully saturated rings. The average Bonchev–Trinajstić information content (AvgIpc) is 3.51. The van der Waals surface area contributed by atoms with E-state index in [-0.39, 0.29) is 5.69 Å². The molecule has 0 atom stereocenters. The number of anilines is 1. The number of fused-ring (bicyclic) bond motifs is 1. The summed E-state index contributed by atoms with van der Waals surface area (Å²) in [6.07, 6.45) is 1.52. The lowest BCUT2D eigenvalue weighted by Gasteiger charge is -2.04. The van der Waals surface area contributed by atoms with E-state index < -0.39 is 5.91 Å². The number of rotatable bonds is 5. The summed E-state index contributed by atoms with van der Waals surface area (Å²) in [6.45, 7) is 1.84. The fourth-order valence-corrected chi connectivity index (χ4v) is 3.90. The van der Waals surface area contributed by atoms with Crippen molar-refractivity contribution in [3.8, 4) is 22.4 Å². The van der Waals surface area contributed by atoms with E-state index in [0.717, 1.165) is 21.7 Å². The van der Waals surface area contributed by atoms with E-state index in [9.17, 15) is 4.79 Å². The van der Waals surface area contributed by atoms with Gasteiger partial charge in [-0.1, -0.05) is 16.5 Å². The number of hydrogen-bond acceptors (Lipinski definition) is 8. The second-order valence-corrected chi connectivity index (χ2v) is 7.43. The van der Waals surface area contributed by atoms with Crippen LogP contribution in [0.15, 0.2) is 57.7 Å². The topological polar surface area (TPSA) is 108 Å². The fourth-order valence-electron chi connectivity index (χ4n) is 2.94. The highest BCUT2D eigenvalue weighted by Crippen LogP contribution is 2.30. The normalized spacial score (nSPS) is 11.1. The van der Waals surface area contributed by atoms with Gasteiger partial charge >= 0.3 is 0 Å². The van der Waals surface area contributed by atoms with Crippen molar-refractivity contribution in [1.29, 1.82) is 0 Å². The smallest absolute Gasteiger partial charge is 0.279 e. The molecule has 1 aromatic carbocycles. The van der Waals surface area contributed by atoms with E-state index in [0.29, 0.717) is 22.5 Å². The van der Waals surface area contributed by atoms with Crippen LogP contribution in [-0.4, -0.2) is 32.9 Å². The summed E-state index contributed by atoms with van der Waals surface area (Å²) < 4.78 is 18.3. The predicted molar refractivity (Wildman–Crippen MR) is 110 cm³/mol. The number of aryl methyl sites for hydroxylation is 1. The Morgan fingerprint density at radius 3 is 2.90 bits per heavy atom. The molecule has 0 aliphatic carbocycles. The molecule has 0 radical (unpaired) electrons. The molecule has 0 aliphatic heterocycles. The minimum absolute atomic E-state index is 0.126. The third-order valence-corrected chi connectivity index (χ3v) is 5.34. The van der Waals surface area contributed by atoms with Crippen molar-refractivity contribution >= 4 is 33.3 Å². The van der Waals surface area contributed by atoms with Gasteiger partial charge in [-0.2, -0.15) is 9.78 Å². The first-order valence-electron chi connectivity index (χ1n) is 8.94. The van der Waals surface area contributed by atoms with Gasteiger partial charge in [0.25, 0.3) is 5.91 Å². The van der Waals surface area contributed by atoms with Crippen molar-refractivity contribution < 1.29 is 18.5 Å². The van der Waals surface area contributed by atoms with E-state index in [1.165, 1.54) is 23.7 Å². The second-order valence-electron chi connectivity index (χ2n) is 6.42. The minimum Gasteiger partial charge on any atom is -0.497 e. The summed E-state index contributed by atoms with van der Waals surface area (Å²) in [5, 5.41) is 11.7. The molecule has 0 aliphatic rings. The molecule has 10 heteroatoms. The lowest BCUT2D eigenvalue weighted by atomic mass is 10.3. The number of nitrogens with one attached hydrogen (secondary N) is 1. The van der Waals surface area contributed by atoms with Gasteiger partial charge in [0, 0.05) is 12.1 Å². The molecule has 4 aromatic heterocycles. The first-order chi connectivity index (χ1) is 14.6. The molecule has 9 nitrogen and oxygen atoms in total. The Morgan fingerprint density at radius 2 is 2.10 bits per heavy atom. The monoisotopic (exact) mass is 421 g/mol. The van der Waals surface area contributed by atoms with Gasteiger partial charge in [0.15, 0.2) is 11.5 Å². The lowest BCUT2D eigenvalue weighted by Crippen LogP contribution is -2.15. The third kappa shape index (κ3) is 3.22. The Balaban J connectivity index is 1.44. The van der Waals surface area contributed by atoms with Crippen molar-refractivity contribution in [2.45, 2.75) is 6.92 Å². The van der Waals surface area contributed by atoms with Gasteiger partial charge in [-0.3, -0.25) is 4.79 Å². The predicted octanol–water partition coefficient (Wildman–Crippen LogP) is 4.30. The summed E-state index contributed by atoms with van der Waals surface area (Å²) in [4.78, 5) is 17.3. The van der Waals surface area contributed by atoms with E-state index in [4.69, 9.17) is 13.7 Å². The molecular weight excluding hydrogens is 406 g/mol. The van der Waals surface area contributed by atoms with Gasteiger partial charge < -0.3 is 19.0 Å². The molecule has 5 rings (SSSR count). The van der Waals surface area contributed by atoms with E-state index in [2.05, 4.69) is 20.6 Å². The number of hydrogen-bond donors (Lipinski definition) is 1. The molecule has 0 saturated heterocycles. The van der Waals surface area contributed by atoms with E-state index in [1.807, 2.05) is 25.1 Å². The maximum absolute atomic E-state index is 12.7. The van der Waals surface area contributed by atoms with Gasteiger partial charge in [-0.15, -0.1) is 0 Å². The van der Waals surface area contributed by atoms with Crippen LogP contribution in [0.4, 0.5) is 5.82 Å². The highest BCUT2D eigenvalue weighted by Gasteiger charge is 2.19. The zero-order chi connectivity index (χ0) is 20.7. The maximum atomic E-state index is 12.7. The number of thiazole rings is 1. The molecule has 5 aromatic rings. The number of methoxy groups -OCH3 is 1. The molecule has 1 amide bonds. The molecule has 0 bridgehead atoms. The molecular formula is C20H15N5O4S. The van der Waals surface area contributed by atoms with Crippen LogP contribution in [0.2, 0.25) is 0 Å². The number of carbonyl (C=O) groups is 1. The molecule has 1 N–H and O–H groups in total. The van der Waals surface area contributed by atoms with Gasteiger partial charge in [0.1, 0.15) is 11.6 Å². The SMILES string of the molecule is COc1ccc2nc(-n3nc(C)cc3NC(=O)c3cc(-c4ccco4)on3)sc2c1. The Morgan fingerprint density at radius 1 is 1.20 bits per heavy atom. The highest BCUT2D eigenvalue weighted by atomic mass is 32.1. The number of carbonyl (C=O) groups excluding carboxylic acids is 1. The van der Waals surface area contributed by atoms with Crippen LogP contribution in [0, 0.1) is 6.92 Å². The number of nitrogens with zero attached hydrogens (tertiary/aromatic N) is 4. The fraction of sp³-hybridized carbons (Fsp3) is 0.100. The minimum atomic E-state index is -0.430. The molecule has 0 unspecified atom stereocenters. The number of benzene rings is 1. The van der Waals surface area contributed by atoms with Gasteiger partial charge in [0.2, 0.25) is 10.9 Å². The standard InChI is InChI=1S/C20H15N5O4S/c1-11-8-18(22-19(26)14-10-16(29-24-14)15-4-3-7-28-15)25(23-11)20-21-13-6-5-12(27-2)9-17(13)30-20/h3-10H,1-2H3,(H,22,26). The van der Waals surface area contributed by atoms with Crippen molar-refractivity contribution in [2.75, 3.05) is 12.4 Å². The maximum Gasteiger partial charge on any atom is 0.279 e. The summed E-state index contributed by atoms with van der Waals surface area (Å²) >= 11 is 1.44. The van der Waals surface area contributed by atoms with Crippen LogP contribution in [-0.2, 0) is 0 Å². The summed E-state index contributed by atoms with van der Waals surface area (Å²) in [7, 11) is 1.62. The zero-order valence-corrected chi connectivity index (χ0v) is 16.8. The second kappa shape index (κ2) is 7.16.